The van der Waals surface area contributed by atoms with Gasteiger partial charge in [-0.2, -0.15) is 0 Å². The van der Waals surface area contributed by atoms with Gasteiger partial charge in [-0.15, -0.1) is 0 Å². The largest absolute Gasteiger partial charge is 0.463 e. The van der Waals surface area contributed by atoms with E-state index in [1.165, 1.54) is 26.2 Å². The number of carbonyl (C=O) groups excluding carboxylic acids is 6. The molecule has 0 radical (unpaired) electrons. The van der Waals surface area contributed by atoms with Crippen LogP contribution in [0.4, 0.5) is 0 Å². The molecule has 6 rings (SSSR count). The van der Waals surface area contributed by atoms with Crippen LogP contribution in [0, 0.1) is 0 Å². The number of esters is 4. The molecule has 0 saturated carbocycles. The van der Waals surface area contributed by atoms with E-state index in [1.807, 2.05) is 6.07 Å². The molecular formula is C36H39NO16. The fourth-order valence-corrected chi connectivity index (χ4v) is 6.89. The van der Waals surface area contributed by atoms with Gasteiger partial charge in [-0.1, -0.05) is 42.5 Å². The zero-order valence-electron chi connectivity index (χ0n) is 29.4. The first-order chi connectivity index (χ1) is 25.4. The number of amides is 2. The lowest BCUT2D eigenvalue weighted by Crippen LogP contribution is -2.70. The highest BCUT2D eigenvalue weighted by atomic mass is 16.8. The van der Waals surface area contributed by atoms with Crippen LogP contribution in [0.25, 0.3) is 0 Å². The lowest BCUT2D eigenvalue weighted by Gasteiger charge is -2.51. The number of ether oxygens (including phenoxy) is 10. The molecule has 0 bridgehead atoms. The average Bonchev–Trinajstić information content (AvgIpc) is 3.37. The zero-order chi connectivity index (χ0) is 38.0. The van der Waals surface area contributed by atoms with Gasteiger partial charge in [0.2, 0.25) is 0 Å². The topological polar surface area (TPSA) is 198 Å². The molecule has 0 N–H and O–H groups in total. The van der Waals surface area contributed by atoms with Gasteiger partial charge in [-0.25, -0.2) is 0 Å². The second-order valence-electron chi connectivity index (χ2n) is 12.6. The van der Waals surface area contributed by atoms with Gasteiger partial charge in [0.1, 0.15) is 37.1 Å². The minimum Gasteiger partial charge on any atom is -0.463 e. The third kappa shape index (κ3) is 7.95. The molecule has 17 nitrogen and oxygen atoms in total. The van der Waals surface area contributed by atoms with Gasteiger partial charge in [0.05, 0.1) is 17.7 Å². The fraction of sp³-hybridized carbons (Fsp3) is 0.500. The fourth-order valence-electron chi connectivity index (χ4n) is 6.89. The van der Waals surface area contributed by atoms with Gasteiger partial charge < -0.3 is 47.4 Å². The lowest BCUT2D eigenvalue weighted by atomic mass is 9.93. The van der Waals surface area contributed by atoms with E-state index >= 15 is 0 Å². The van der Waals surface area contributed by atoms with Crippen molar-refractivity contribution in [3.05, 3.63) is 71.3 Å². The Hall–Kier alpha value is -4.78. The van der Waals surface area contributed by atoms with Crippen LogP contribution in [-0.4, -0.2) is 122 Å². The number of imide groups is 1. The molecule has 11 atom stereocenters. The Bertz CT molecular complexity index is 1680. The van der Waals surface area contributed by atoms with Crippen molar-refractivity contribution < 1.29 is 76.1 Å². The van der Waals surface area contributed by atoms with E-state index in [0.717, 1.165) is 25.7 Å². The highest BCUT2D eigenvalue weighted by Gasteiger charge is 2.60. The van der Waals surface area contributed by atoms with Crippen LogP contribution >= 0.6 is 0 Å². The van der Waals surface area contributed by atoms with Crippen molar-refractivity contribution in [1.82, 2.24) is 4.90 Å². The molecule has 4 aliphatic rings. The molecule has 2 amide bonds. The Balaban J connectivity index is 1.47. The van der Waals surface area contributed by atoms with Crippen LogP contribution in [0.3, 0.4) is 0 Å². The van der Waals surface area contributed by atoms with Gasteiger partial charge in [-0.3, -0.25) is 33.7 Å². The standard InChI is InChI=1S/C36H39NO16/c1-17(38)45-15-24-27(47-18(2)39)29(48-19(3)40)26(37-32(42)22-13-9-10-14-23(22)33(37)43)35(50-24)53-30-28-25(51-36(44-5)31(30)49-20(4)41)16-46-34(52-28)21-11-7-6-8-12-21/h6-14,24-31,34-36H,15-16H2,1-5H3/t24-,25-,26-,27+,28-,29-,30+,31-,34-,35+,36+/m1/s1. The average molecular weight is 742 g/mol. The van der Waals surface area contributed by atoms with Crippen LogP contribution < -0.4 is 0 Å². The number of fused-ring (bicyclic) bond motifs is 2. The Morgan fingerprint density at radius 1 is 0.698 bits per heavy atom. The first kappa shape index (κ1) is 38.0. The van der Waals surface area contributed by atoms with Crippen molar-refractivity contribution in [2.45, 2.75) is 95.3 Å². The normalized spacial score (nSPS) is 32.2. The predicted molar refractivity (Wildman–Crippen MR) is 173 cm³/mol. The number of rotatable bonds is 10. The summed E-state index contributed by atoms with van der Waals surface area (Å²) in [6.45, 7) is 3.93. The Labute approximate surface area is 303 Å². The summed E-state index contributed by atoms with van der Waals surface area (Å²) < 4.78 is 59.4. The summed E-state index contributed by atoms with van der Waals surface area (Å²) in [6.07, 6.45) is -13.1. The molecule has 2 aromatic rings. The van der Waals surface area contributed by atoms with Crippen LogP contribution in [0.15, 0.2) is 54.6 Å². The Kier molecular flexibility index (Phi) is 11.5. The molecule has 4 aliphatic heterocycles. The molecule has 3 saturated heterocycles. The van der Waals surface area contributed by atoms with Crippen LogP contribution in [0.5, 0.6) is 0 Å². The van der Waals surface area contributed by atoms with Gasteiger partial charge in [0.15, 0.2) is 37.2 Å². The highest BCUT2D eigenvalue weighted by molar-refractivity contribution is 6.21. The smallest absolute Gasteiger partial charge is 0.303 e. The van der Waals surface area contributed by atoms with E-state index in [2.05, 4.69) is 0 Å². The summed E-state index contributed by atoms with van der Waals surface area (Å²) in [5.41, 5.74) is 0.748. The quantitative estimate of drug-likeness (QED) is 0.193. The van der Waals surface area contributed by atoms with Gasteiger partial charge in [-0.05, 0) is 12.1 Å². The zero-order valence-corrected chi connectivity index (χ0v) is 29.4. The third-order valence-corrected chi connectivity index (χ3v) is 8.97. The minimum atomic E-state index is -1.74. The van der Waals surface area contributed by atoms with Crippen LogP contribution in [-0.2, 0) is 66.5 Å². The summed E-state index contributed by atoms with van der Waals surface area (Å²) in [7, 11) is 1.32. The van der Waals surface area contributed by atoms with Crippen molar-refractivity contribution in [2.75, 3.05) is 20.3 Å². The SMILES string of the molecule is CO[C@H]1O[C@@H]2CO[C@@H](c3ccccc3)O[C@H]2[C@H](O[C@@H]2O[C@H](COC(C)=O)[C@H](OC(C)=O)[C@H](OC(C)=O)[C@H]2N2C(=O)c3ccccc3C2=O)[C@H]1OC(C)=O. The molecule has 53 heavy (non-hydrogen) atoms. The van der Waals surface area contributed by atoms with E-state index in [1.54, 1.807) is 36.4 Å². The summed E-state index contributed by atoms with van der Waals surface area (Å²) in [6, 6.07) is 13.4. The molecule has 17 heteroatoms. The molecule has 2 aromatic carbocycles. The first-order valence-electron chi connectivity index (χ1n) is 16.8. The maximum Gasteiger partial charge on any atom is 0.303 e. The van der Waals surface area contributed by atoms with Gasteiger partial charge in [0, 0.05) is 40.4 Å². The van der Waals surface area contributed by atoms with Gasteiger partial charge >= 0.3 is 23.9 Å². The molecule has 0 aliphatic carbocycles. The molecule has 0 unspecified atom stereocenters. The highest BCUT2D eigenvalue weighted by Crippen LogP contribution is 2.41. The van der Waals surface area contributed by atoms with Crippen molar-refractivity contribution in [1.29, 1.82) is 0 Å². The van der Waals surface area contributed by atoms with E-state index in [0.29, 0.717) is 5.56 Å². The van der Waals surface area contributed by atoms with Crippen molar-refractivity contribution in [3.63, 3.8) is 0 Å². The molecule has 0 aromatic heterocycles. The maximum absolute atomic E-state index is 14.1. The molecule has 284 valence electrons. The number of carbonyl (C=O) groups is 6. The second-order valence-corrected chi connectivity index (χ2v) is 12.6. The monoisotopic (exact) mass is 741 g/mol. The van der Waals surface area contributed by atoms with E-state index in [4.69, 9.17) is 47.4 Å². The van der Waals surface area contributed by atoms with E-state index in [9.17, 15) is 28.8 Å². The minimum absolute atomic E-state index is 0.0240. The number of methoxy groups -OCH3 is 1. The lowest BCUT2D eigenvalue weighted by molar-refractivity contribution is -0.386. The van der Waals surface area contributed by atoms with Crippen molar-refractivity contribution >= 4 is 35.7 Å². The third-order valence-electron chi connectivity index (χ3n) is 8.97. The Morgan fingerprint density at radius 2 is 1.28 bits per heavy atom. The number of hydrogen-bond donors (Lipinski definition) is 0. The van der Waals surface area contributed by atoms with Gasteiger partial charge in [0.25, 0.3) is 11.8 Å². The molecular weight excluding hydrogens is 702 g/mol. The maximum atomic E-state index is 14.1. The van der Waals surface area contributed by atoms with E-state index in [-0.39, 0.29) is 17.7 Å². The van der Waals surface area contributed by atoms with Crippen molar-refractivity contribution in [3.8, 4) is 0 Å². The summed E-state index contributed by atoms with van der Waals surface area (Å²) in [5, 5.41) is 0. The molecule has 3 fully saturated rings. The predicted octanol–water partition coefficient (Wildman–Crippen LogP) is 1.61. The summed E-state index contributed by atoms with van der Waals surface area (Å²) in [4.78, 5) is 78.6. The number of hydrogen-bond acceptors (Lipinski definition) is 16. The molecule has 0 spiro atoms. The summed E-state index contributed by atoms with van der Waals surface area (Å²) >= 11 is 0. The van der Waals surface area contributed by atoms with E-state index < -0.39 is 110 Å². The van der Waals surface area contributed by atoms with Crippen molar-refractivity contribution in [2.24, 2.45) is 0 Å². The van der Waals surface area contributed by atoms with Crippen LogP contribution in [0.1, 0.15) is 60.3 Å². The van der Waals surface area contributed by atoms with Crippen LogP contribution in [0.2, 0.25) is 0 Å². The first-order valence-corrected chi connectivity index (χ1v) is 16.8. The number of nitrogens with zero attached hydrogens (tertiary/aromatic N) is 1. The summed E-state index contributed by atoms with van der Waals surface area (Å²) in [5.74, 6) is -4.73. The number of benzene rings is 2. The Morgan fingerprint density at radius 3 is 1.87 bits per heavy atom. The molecule has 4 heterocycles. The second kappa shape index (κ2) is 16.1.